The Labute approximate surface area is 141 Å². The van der Waals surface area contributed by atoms with Gasteiger partial charge in [-0.1, -0.05) is 6.92 Å². The molecule has 1 fully saturated rings. The maximum absolute atomic E-state index is 12.4. The zero-order chi connectivity index (χ0) is 17.3. The number of hydrogen-bond donors (Lipinski definition) is 1. The molecule has 2 heterocycles. The van der Waals surface area contributed by atoms with E-state index in [2.05, 4.69) is 4.72 Å². The number of nitrogens with zero attached hydrogens (tertiary/aromatic N) is 1. The van der Waals surface area contributed by atoms with Crippen molar-refractivity contribution in [3.8, 4) is 0 Å². The minimum atomic E-state index is -3.66. The highest BCUT2D eigenvalue weighted by Crippen LogP contribution is 2.24. The Hall–Kier alpha value is -0.520. The molecule has 132 valence electrons. The average Bonchev–Trinajstić information content (AvgIpc) is 3.08. The first-order valence-corrected chi connectivity index (χ1v) is 11.2. The van der Waals surface area contributed by atoms with Crippen LogP contribution in [0.5, 0.6) is 0 Å². The van der Waals surface area contributed by atoms with E-state index in [1.165, 1.54) is 25.4 Å². The molecule has 1 saturated heterocycles. The zero-order valence-corrected chi connectivity index (χ0v) is 15.8. The lowest BCUT2D eigenvalue weighted by atomic mass is 10.1. The molecule has 2 atom stereocenters. The fourth-order valence-electron chi connectivity index (χ4n) is 2.26. The molecule has 0 spiro atoms. The van der Waals surface area contributed by atoms with E-state index >= 15 is 0 Å². The maximum Gasteiger partial charge on any atom is 0.250 e. The number of hydrogen-bond acceptors (Lipinski definition) is 6. The van der Waals surface area contributed by atoms with Crippen molar-refractivity contribution in [1.82, 2.24) is 9.03 Å². The predicted molar refractivity (Wildman–Crippen MR) is 89.6 cm³/mol. The van der Waals surface area contributed by atoms with Gasteiger partial charge >= 0.3 is 0 Å². The van der Waals surface area contributed by atoms with E-state index in [1.807, 2.05) is 6.92 Å². The van der Waals surface area contributed by atoms with Crippen LogP contribution >= 0.6 is 11.3 Å². The normalized spacial score (nSPS) is 22.8. The quantitative estimate of drug-likeness (QED) is 0.741. The van der Waals surface area contributed by atoms with Crippen LogP contribution in [0, 0.1) is 5.92 Å². The van der Waals surface area contributed by atoms with Gasteiger partial charge in [-0.15, -0.1) is 11.3 Å². The molecule has 0 aliphatic carbocycles. The maximum atomic E-state index is 12.4. The van der Waals surface area contributed by atoms with E-state index < -0.39 is 32.0 Å². The van der Waals surface area contributed by atoms with Crippen LogP contribution in [-0.4, -0.2) is 60.2 Å². The second-order valence-corrected chi connectivity index (χ2v) is 11.0. The van der Waals surface area contributed by atoms with Gasteiger partial charge in [0.2, 0.25) is 20.0 Å². The van der Waals surface area contributed by atoms with Crippen LogP contribution in [0.1, 0.15) is 11.8 Å². The Balaban J connectivity index is 2.11. The lowest BCUT2D eigenvalue weighted by Gasteiger charge is -2.20. The Morgan fingerprint density at radius 3 is 2.52 bits per heavy atom. The Bertz CT molecular complexity index is 739. The number of rotatable bonds is 7. The largest absolute Gasteiger partial charge is 0.379 e. The Morgan fingerprint density at radius 1 is 1.26 bits per heavy atom. The molecule has 0 unspecified atom stereocenters. The molecule has 1 aromatic rings. The van der Waals surface area contributed by atoms with Gasteiger partial charge in [0, 0.05) is 24.9 Å². The van der Waals surface area contributed by atoms with Gasteiger partial charge in [0.25, 0.3) is 0 Å². The summed E-state index contributed by atoms with van der Waals surface area (Å²) in [6.45, 7) is 2.37. The monoisotopic (exact) mass is 382 g/mol. The van der Waals surface area contributed by atoms with Gasteiger partial charge in [-0.05, 0) is 18.6 Å². The number of aryl methyl sites for hydroxylation is 1. The molecular formula is C13H22N2O5S3. The fourth-order valence-corrected chi connectivity index (χ4v) is 6.03. The van der Waals surface area contributed by atoms with Crippen LogP contribution in [0.4, 0.5) is 0 Å². The van der Waals surface area contributed by atoms with Crippen LogP contribution in [0.3, 0.4) is 0 Å². The van der Waals surface area contributed by atoms with Gasteiger partial charge in [0.05, 0.1) is 25.0 Å². The summed E-state index contributed by atoms with van der Waals surface area (Å²) in [6, 6.07) is 2.83. The Morgan fingerprint density at radius 2 is 1.96 bits per heavy atom. The van der Waals surface area contributed by atoms with Gasteiger partial charge in [-0.25, -0.2) is 25.9 Å². The molecule has 0 aromatic carbocycles. The van der Waals surface area contributed by atoms with Crippen molar-refractivity contribution >= 4 is 31.4 Å². The summed E-state index contributed by atoms with van der Waals surface area (Å²) in [7, 11) is -4.15. The Kier molecular flexibility index (Phi) is 5.85. The third-order valence-electron chi connectivity index (χ3n) is 3.74. The highest BCUT2D eigenvalue weighted by Gasteiger charge is 2.36. The molecule has 0 amide bonds. The zero-order valence-electron chi connectivity index (χ0n) is 13.4. The molecule has 0 saturated carbocycles. The van der Waals surface area contributed by atoms with E-state index in [0.29, 0.717) is 0 Å². The standard InChI is InChI=1S/C13H22N2O5S3/c1-4-11-5-6-13(21-11)23(18,19)14-12-8-20-7-10(12)9-22(16,17)15(2)3/h5-6,10,12,14H,4,7-9H2,1-3H3/t10-,12-/m0/s1. The van der Waals surface area contributed by atoms with E-state index in [9.17, 15) is 16.8 Å². The lowest BCUT2D eigenvalue weighted by Crippen LogP contribution is -2.43. The first-order valence-electron chi connectivity index (χ1n) is 7.24. The van der Waals surface area contributed by atoms with Gasteiger partial charge in [-0.2, -0.15) is 0 Å². The summed E-state index contributed by atoms with van der Waals surface area (Å²) in [4.78, 5) is 0.986. The number of ether oxygens (including phenoxy) is 1. The summed E-state index contributed by atoms with van der Waals surface area (Å²) in [6.07, 6.45) is 0.774. The van der Waals surface area contributed by atoms with Crippen LogP contribution in [0.2, 0.25) is 0 Å². The molecule has 0 radical (unpaired) electrons. The van der Waals surface area contributed by atoms with E-state index in [1.54, 1.807) is 12.1 Å². The van der Waals surface area contributed by atoms with Gasteiger partial charge in [-0.3, -0.25) is 0 Å². The molecule has 23 heavy (non-hydrogen) atoms. The van der Waals surface area contributed by atoms with Crippen molar-refractivity contribution in [2.75, 3.05) is 33.1 Å². The van der Waals surface area contributed by atoms with Crippen molar-refractivity contribution in [3.63, 3.8) is 0 Å². The van der Waals surface area contributed by atoms with E-state index in [0.717, 1.165) is 15.6 Å². The molecule has 1 aliphatic heterocycles. The summed E-state index contributed by atoms with van der Waals surface area (Å²) in [5, 5.41) is 0. The molecule has 1 aromatic heterocycles. The number of sulfonamides is 2. The average molecular weight is 383 g/mol. The molecule has 10 heteroatoms. The van der Waals surface area contributed by atoms with Gasteiger partial charge in [0.1, 0.15) is 4.21 Å². The number of nitrogens with one attached hydrogen (secondary N) is 1. The van der Waals surface area contributed by atoms with Crippen LogP contribution in [-0.2, 0) is 31.2 Å². The lowest BCUT2D eigenvalue weighted by molar-refractivity contribution is 0.185. The minimum absolute atomic E-state index is 0.141. The molecule has 2 rings (SSSR count). The van der Waals surface area contributed by atoms with Gasteiger partial charge in [0.15, 0.2) is 0 Å². The third kappa shape index (κ3) is 4.52. The van der Waals surface area contributed by atoms with E-state index in [4.69, 9.17) is 4.74 Å². The summed E-state index contributed by atoms with van der Waals surface area (Å²) in [5.41, 5.74) is 0. The topological polar surface area (TPSA) is 92.8 Å². The van der Waals surface area contributed by atoms with Crippen molar-refractivity contribution in [1.29, 1.82) is 0 Å². The molecule has 7 nitrogen and oxygen atoms in total. The van der Waals surface area contributed by atoms with Crippen LogP contribution in [0.25, 0.3) is 0 Å². The molecule has 1 N–H and O–H groups in total. The van der Waals surface area contributed by atoms with Crippen molar-refractivity contribution in [2.45, 2.75) is 23.6 Å². The SMILES string of the molecule is CCc1ccc(S(=O)(=O)N[C@H]2COC[C@H]2CS(=O)(=O)N(C)C)s1. The first-order chi connectivity index (χ1) is 10.7. The predicted octanol–water partition coefficient (Wildman–Crippen LogP) is 0.495. The number of thiophene rings is 1. The van der Waals surface area contributed by atoms with Crippen LogP contribution in [0.15, 0.2) is 16.3 Å². The summed E-state index contributed by atoms with van der Waals surface area (Å²) >= 11 is 1.22. The van der Waals surface area contributed by atoms with Crippen molar-refractivity contribution in [2.24, 2.45) is 5.92 Å². The fraction of sp³-hybridized carbons (Fsp3) is 0.692. The van der Waals surface area contributed by atoms with Crippen LogP contribution < -0.4 is 4.72 Å². The van der Waals surface area contributed by atoms with Crippen molar-refractivity contribution in [3.05, 3.63) is 17.0 Å². The second kappa shape index (κ2) is 7.16. The second-order valence-electron chi connectivity index (χ2n) is 5.66. The highest BCUT2D eigenvalue weighted by molar-refractivity contribution is 7.91. The molecule has 1 aliphatic rings. The van der Waals surface area contributed by atoms with Crippen molar-refractivity contribution < 1.29 is 21.6 Å². The summed E-state index contributed by atoms with van der Waals surface area (Å²) in [5.74, 6) is -0.541. The highest BCUT2D eigenvalue weighted by atomic mass is 32.2. The third-order valence-corrected chi connectivity index (χ3v) is 8.91. The first kappa shape index (κ1) is 18.8. The smallest absolute Gasteiger partial charge is 0.250 e. The minimum Gasteiger partial charge on any atom is -0.379 e. The molecule has 0 bridgehead atoms. The summed E-state index contributed by atoms with van der Waals surface area (Å²) < 4.78 is 58.2. The van der Waals surface area contributed by atoms with Gasteiger partial charge < -0.3 is 4.74 Å². The van der Waals surface area contributed by atoms with E-state index in [-0.39, 0.29) is 23.2 Å². The molecular weight excluding hydrogens is 360 g/mol.